The molecule has 1 fully saturated rings. The van der Waals surface area contributed by atoms with Gasteiger partial charge in [-0.05, 0) is 85.2 Å². The Kier molecular flexibility index (Phi) is 6.55. The molecule has 0 saturated heterocycles. The second kappa shape index (κ2) is 9.92. The molecule has 6 nitrogen and oxygen atoms in total. The monoisotopic (exact) mass is 486 g/mol. The van der Waals surface area contributed by atoms with E-state index >= 15 is 0 Å². The van der Waals surface area contributed by atoms with Crippen LogP contribution >= 0.6 is 11.6 Å². The first-order valence-corrected chi connectivity index (χ1v) is 12.3. The molecule has 0 spiro atoms. The topological polar surface area (TPSA) is 101 Å². The fourth-order valence-electron chi connectivity index (χ4n) is 5.19. The summed E-state index contributed by atoms with van der Waals surface area (Å²) in [5, 5.41) is 4.35. The minimum atomic E-state index is -0.134. The molecule has 7 heteroatoms. The summed E-state index contributed by atoms with van der Waals surface area (Å²) in [6.07, 6.45) is 8.28. The molecule has 2 aromatic carbocycles. The number of carbonyl (C=O) groups is 2. The van der Waals surface area contributed by atoms with E-state index in [2.05, 4.69) is 15.3 Å². The molecular weight excluding hydrogens is 460 g/mol. The number of amides is 1. The molecule has 4 aromatic rings. The first-order valence-electron chi connectivity index (χ1n) is 11.9. The third-order valence-electron chi connectivity index (χ3n) is 6.95. The number of fused-ring (bicyclic) bond motifs is 1. The van der Waals surface area contributed by atoms with Crippen molar-refractivity contribution in [2.75, 3.05) is 11.1 Å². The van der Waals surface area contributed by atoms with Gasteiger partial charge in [0.1, 0.15) is 5.82 Å². The molecule has 178 valence electrons. The lowest BCUT2D eigenvalue weighted by Crippen LogP contribution is -2.15. The molecule has 35 heavy (non-hydrogen) atoms. The molecule has 0 radical (unpaired) electrons. The van der Waals surface area contributed by atoms with Gasteiger partial charge in [0.25, 0.3) is 0 Å². The molecule has 0 aliphatic heterocycles. The lowest BCUT2D eigenvalue weighted by molar-refractivity contribution is -0.116. The van der Waals surface area contributed by atoms with E-state index in [0.717, 1.165) is 36.6 Å². The number of pyridine rings is 1. The number of ketones is 1. The second-order valence-electron chi connectivity index (χ2n) is 9.17. The highest BCUT2D eigenvalue weighted by Gasteiger charge is 2.31. The van der Waals surface area contributed by atoms with Crippen LogP contribution < -0.4 is 11.1 Å². The van der Waals surface area contributed by atoms with Gasteiger partial charge in [-0.3, -0.25) is 9.59 Å². The number of H-pyrrole nitrogens is 1. The smallest absolute Gasteiger partial charge is 0.225 e. The number of hydrogen-bond donors (Lipinski definition) is 3. The SMILES string of the molecule is Nc1ccc(C(=O)c2cc3[nH]cc(C4CCCC4CCC(=O)Nc4ccccn4)c3cc2Cl)cc1. The Morgan fingerprint density at radius 3 is 2.71 bits per heavy atom. The zero-order chi connectivity index (χ0) is 24.4. The van der Waals surface area contributed by atoms with Crippen LogP contribution in [0.15, 0.2) is 67.0 Å². The van der Waals surface area contributed by atoms with Crippen molar-refractivity contribution in [3.8, 4) is 0 Å². The van der Waals surface area contributed by atoms with Gasteiger partial charge in [0.05, 0.1) is 5.02 Å². The fraction of sp³-hybridized carbons (Fsp3) is 0.250. The third-order valence-corrected chi connectivity index (χ3v) is 7.26. The predicted molar refractivity (Wildman–Crippen MR) is 140 cm³/mol. The van der Waals surface area contributed by atoms with Gasteiger partial charge in [0.15, 0.2) is 5.78 Å². The van der Waals surface area contributed by atoms with E-state index in [1.54, 1.807) is 36.5 Å². The summed E-state index contributed by atoms with van der Waals surface area (Å²) in [5.41, 5.74) is 9.47. The van der Waals surface area contributed by atoms with Gasteiger partial charge in [-0.25, -0.2) is 4.98 Å². The summed E-state index contributed by atoms with van der Waals surface area (Å²) in [6, 6.07) is 16.1. The van der Waals surface area contributed by atoms with Crippen molar-refractivity contribution >= 4 is 45.7 Å². The van der Waals surface area contributed by atoms with Crippen LogP contribution in [0.5, 0.6) is 0 Å². The van der Waals surface area contributed by atoms with E-state index in [1.165, 1.54) is 5.56 Å². The van der Waals surface area contributed by atoms with Gasteiger partial charge in [0.2, 0.25) is 5.91 Å². The lowest BCUT2D eigenvalue weighted by atomic mass is 9.85. The average Bonchev–Trinajstić information content (AvgIpc) is 3.49. The maximum atomic E-state index is 13.0. The Morgan fingerprint density at radius 1 is 1.11 bits per heavy atom. The van der Waals surface area contributed by atoms with E-state index in [9.17, 15) is 9.59 Å². The minimum absolute atomic E-state index is 0.0119. The summed E-state index contributed by atoms with van der Waals surface area (Å²) < 4.78 is 0. The molecule has 2 aromatic heterocycles. The summed E-state index contributed by atoms with van der Waals surface area (Å²) >= 11 is 6.61. The molecule has 1 aliphatic carbocycles. The highest BCUT2D eigenvalue weighted by Crippen LogP contribution is 2.45. The first kappa shape index (κ1) is 23.1. The van der Waals surface area contributed by atoms with Crippen LogP contribution in [0.1, 0.15) is 59.5 Å². The van der Waals surface area contributed by atoms with Crippen LogP contribution in [0.3, 0.4) is 0 Å². The number of rotatable bonds is 7. The molecule has 5 rings (SSSR count). The summed E-state index contributed by atoms with van der Waals surface area (Å²) in [5.74, 6) is 1.20. The molecule has 1 amide bonds. The highest BCUT2D eigenvalue weighted by atomic mass is 35.5. The number of aromatic amines is 1. The quantitative estimate of drug-likeness (QED) is 0.210. The van der Waals surface area contributed by atoms with Gasteiger partial charge in [-0.1, -0.05) is 24.1 Å². The number of aromatic nitrogens is 2. The molecule has 1 aliphatic rings. The van der Waals surface area contributed by atoms with Crippen LogP contribution in [-0.2, 0) is 4.79 Å². The minimum Gasteiger partial charge on any atom is -0.399 e. The van der Waals surface area contributed by atoms with Crippen LogP contribution in [0.4, 0.5) is 11.5 Å². The van der Waals surface area contributed by atoms with E-state index in [4.69, 9.17) is 17.3 Å². The van der Waals surface area contributed by atoms with Gasteiger partial charge < -0.3 is 16.0 Å². The zero-order valence-corrected chi connectivity index (χ0v) is 20.0. The number of hydrogen-bond acceptors (Lipinski definition) is 4. The van der Waals surface area contributed by atoms with Crippen molar-refractivity contribution in [1.82, 2.24) is 9.97 Å². The van der Waals surface area contributed by atoms with E-state index in [0.29, 0.717) is 45.9 Å². The van der Waals surface area contributed by atoms with Gasteiger partial charge in [-0.2, -0.15) is 0 Å². The van der Waals surface area contributed by atoms with E-state index in [1.807, 2.05) is 30.5 Å². The van der Waals surface area contributed by atoms with Crippen molar-refractivity contribution in [3.05, 3.63) is 88.7 Å². The Labute approximate surface area is 208 Å². The van der Waals surface area contributed by atoms with Crippen LogP contribution in [0, 0.1) is 5.92 Å². The standard InChI is InChI=1S/C28H27ClN4O2/c29-24-14-21-23(16-32-25(21)15-22(24)28(35)18-7-10-19(30)11-8-18)20-5-3-4-17(20)9-12-27(34)33-26-6-1-2-13-31-26/h1-2,6-8,10-11,13-17,20,32H,3-5,9,12,30H2,(H,31,33,34). The number of anilines is 2. The fourth-order valence-corrected chi connectivity index (χ4v) is 5.44. The van der Waals surface area contributed by atoms with Crippen molar-refractivity contribution in [3.63, 3.8) is 0 Å². The Morgan fingerprint density at radius 2 is 1.94 bits per heavy atom. The van der Waals surface area contributed by atoms with Crippen molar-refractivity contribution < 1.29 is 9.59 Å². The number of nitrogens with zero attached hydrogens (tertiary/aromatic N) is 1. The van der Waals surface area contributed by atoms with E-state index < -0.39 is 0 Å². The maximum absolute atomic E-state index is 13.0. The highest BCUT2D eigenvalue weighted by molar-refractivity contribution is 6.36. The molecular formula is C28H27ClN4O2. The Balaban J connectivity index is 1.32. The van der Waals surface area contributed by atoms with Gasteiger partial charge in [-0.15, -0.1) is 0 Å². The molecule has 4 N–H and O–H groups in total. The Hall–Kier alpha value is -3.64. The normalized spacial score (nSPS) is 17.5. The molecule has 1 saturated carbocycles. The number of nitrogens with two attached hydrogens (primary N) is 1. The third kappa shape index (κ3) is 4.93. The number of nitrogen functional groups attached to an aromatic ring is 1. The van der Waals surface area contributed by atoms with Crippen molar-refractivity contribution in [2.24, 2.45) is 5.92 Å². The number of carbonyl (C=O) groups excluding carboxylic acids is 2. The van der Waals surface area contributed by atoms with Crippen molar-refractivity contribution in [1.29, 1.82) is 0 Å². The van der Waals surface area contributed by atoms with Gasteiger partial charge >= 0.3 is 0 Å². The number of halogens is 1. The number of benzene rings is 2. The molecule has 0 bridgehead atoms. The van der Waals surface area contributed by atoms with Crippen LogP contribution in [0.25, 0.3) is 10.9 Å². The molecule has 2 heterocycles. The van der Waals surface area contributed by atoms with Gasteiger partial charge in [0, 0.05) is 46.5 Å². The largest absolute Gasteiger partial charge is 0.399 e. The predicted octanol–water partition coefficient (Wildman–Crippen LogP) is 6.33. The lowest BCUT2D eigenvalue weighted by Gasteiger charge is -2.19. The summed E-state index contributed by atoms with van der Waals surface area (Å²) in [4.78, 5) is 33.0. The van der Waals surface area contributed by atoms with Crippen LogP contribution in [0.2, 0.25) is 5.02 Å². The van der Waals surface area contributed by atoms with Crippen LogP contribution in [-0.4, -0.2) is 21.7 Å². The molecule has 2 unspecified atom stereocenters. The van der Waals surface area contributed by atoms with Crippen molar-refractivity contribution in [2.45, 2.75) is 38.0 Å². The second-order valence-corrected chi connectivity index (χ2v) is 9.58. The summed E-state index contributed by atoms with van der Waals surface area (Å²) in [6.45, 7) is 0. The number of nitrogens with one attached hydrogen (secondary N) is 2. The van der Waals surface area contributed by atoms with E-state index in [-0.39, 0.29) is 11.7 Å². The maximum Gasteiger partial charge on any atom is 0.225 e. The zero-order valence-electron chi connectivity index (χ0n) is 19.3. The molecule has 2 atom stereocenters. The first-order chi connectivity index (χ1) is 17.0. The Bertz CT molecular complexity index is 1370. The summed E-state index contributed by atoms with van der Waals surface area (Å²) in [7, 11) is 0. The average molecular weight is 487 g/mol.